The minimum absolute atomic E-state index is 0.193. The van der Waals surface area contributed by atoms with E-state index in [4.69, 9.17) is 11.6 Å². The van der Waals surface area contributed by atoms with Crippen LogP contribution in [0, 0.1) is 5.92 Å². The Morgan fingerprint density at radius 1 is 1.30 bits per heavy atom. The Bertz CT molecular complexity index is 559. The molecule has 3 rings (SSSR count). The fourth-order valence-corrected chi connectivity index (χ4v) is 3.97. The van der Waals surface area contributed by atoms with Gasteiger partial charge in [0.25, 0.3) is 0 Å². The molecule has 23 heavy (non-hydrogen) atoms. The molecule has 0 bridgehead atoms. The Hall–Kier alpha value is -1.17. The van der Waals surface area contributed by atoms with E-state index in [9.17, 15) is 4.79 Å². The lowest BCUT2D eigenvalue weighted by Gasteiger charge is -2.39. The number of pyridine rings is 1. The van der Waals surface area contributed by atoms with E-state index in [0.717, 1.165) is 56.4 Å². The van der Waals surface area contributed by atoms with E-state index in [2.05, 4.69) is 21.7 Å². The summed E-state index contributed by atoms with van der Waals surface area (Å²) >= 11 is 6.23. The van der Waals surface area contributed by atoms with Gasteiger partial charge in [0.15, 0.2) is 0 Å². The molecule has 0 N–H and O–H groups in total. The van der Waals surface area contributed by atoms with Crippen LogP contribution in [0.1, 0.15) is 19.4 Å². The highest BCUT2D eigenvalue weighted by atomic mass is 35.5. The van der Waals surface area contributed by atoms with E-state index in [1.807, 2.05) is 11.0 Å². The lowest BCUT2D eigenvalue weighted by Crippen LogP contribution is -2.53. The minimum Gasteiger partial charge on any atom is -0.340 e. The van der Waals surface area contributed by atoms with Crippen molar-refractivity contribution in [2.24, 2.45) is 5.92 Å². The van der Waals surface area contributed by atoms with Crippen molar-refractivity contribution in [1.82, 2.24) is 19.7 Å². The van der Waals surface area contributed by atoms with Crippen molar-refractivity contribution in [3.63, 3.8) is 0 Å². The lowest BCUT2D eigenvalue weighted by molar-refractivity contribution is -0.130. The number of hydrogen-bond acceptors (Lipinski definition) is 4. The van der Waals surface area contributed by atoms with E-state index < -0.39 is 0 Å². The molecule has 2 fully saturated rings. The van der Waals surface area contributed by atoms with Gasteiger partial charge in [-0.2, -0.15) is 0 Å². The number of rotatable bonds is 3. The standard InChI is InChI=1S/C17H25ClN4O/c1-13-10-20(11-15-3-4-19-9-16(15)18)12-17(13)22-7-5-21(6-8-22)14(2)23/h3-4,9,13,17H,5-8,10-12H2,1-2H3/t13-,17+/m0/s1. The van der Waals surface area contributed by atoms with E-state index in [1.54, 1.807) is 19.3 Å². The second kappa shape index (κ2) is 7.16. The molecule has 0 radical (unpaired) electrons. The first-order valence-electron chi connectivity index (χ1n) is 8.35. The Kier molecular flexibility index (Phi) is 5.19. The monoisotopic (exact) mass is 336 g/mol. The molecule has 1 amide bonds. The number of carbonyl (C=O) groups is 1. The molecular formula is C17H25ClN4O. The van der Waals surface area contributed by atoms with Crippen molar-refractivity contribution >= 4 is 17.5 Å². The van der Waals surface area contributed by atoms with Crippen LogP contribution in [0.2, 0.25) is 5.02 Å². The number of halogens is 1. The van der Waals surface area contributed by atoms with E-state index in [1.165, 1.54) is 0 Å². The Balaban J connectivity index is 1.57. The van der Waals surface area contributed by atoms with E-state index in [0.29, 0.717) is 12.0 Å². The van der Waals surface area contributed by atoms with Crippen LogP contribution < -0.4 is 0 Å². The van der Waals surface area contributed by atoms with E-state index >= 15 is 0 Å². The summed E-state index contributed by atoms with van der Waals surface area (Å²) in [5, 5.41) is 0.749. The van der Waals surface area contributed by atoms with Crippen LogP contribution in [-0.4, -0.2) is 70.9 Å². The van der Waals surface area contributed by atoms with Crippen molar-refractivity contribution in [3.8, 4) is 0 Å². The predicted molar refractivity (Wildman–Crippen MR) is 91.3 cm³/mol. The van der Waals surface area contributed by atoms with Crippen LogP contribution in [-0.2, 0) is 11.3 Å². The maximum absolute atomic E-state index is 11.5. The second-order valence-corrected chi connectivity index (χ2v) is 7.16. The molecule has 1 aromatic heterocycles. The highest BCUT2D eigenvalue weighted by molar-refractivity contribution is 6.31. The van der Waals surface area contributed by atoms with Crippen LogP contribution in [0.3, 0.4) is 0 Å². The molecule has 2 atom stereocenters. The summed E-state index contributed by atoms with van der Waals surface area (Å²) < 4.78 is 0. The van der Waals surface area contributed by atoms with Gasteiger partial charge in [-0.1, -0.05) is 18.5 Å². The van der Waals surface area contributed by atoms with Crippen molar-refractivity contribution < 1.29 is 4.79 Å². The third-order valence-electron chi connectivity index (χ3n) is 5.13. The maximum atomic E-state index is 11.5. The number of piperazine rings is 1. The fourth-order valence-electron chi connectivity index (χ4n) is 3.79. The molecule has 0 saturated carbocycles. The predicted octanol–water partition coefficient (Wildman–Crippen LogP) is 1.72. The van der Waals surface area contributed by atoms with Crippen molar-refractivity contribution in [2.45, 2.75) is 26.4 Å². The Morgan fingerprint density at radius 3 is 2.70 bits per heavy atom. The van der Waals surface area contributed by atoms with Gasteiger partial charge in [0.1, 0.15) is 0 Å². The number of likely N-dealkylation sites (tertiary alicyclic amines) is 1. The van der Waals surface area contributed by atoms with Crippen molar-refractivity contribution in [1.29, 1.82) is 0 Å². The normalized spacial score (nSPS) is 26.7. The summed E-state index contributed by atoms with van der Waals surface area (Å²) in [6.07, 6.45) is 3.52. The van der Waals surface area contributed by atoms with Gasteiger partial charge >= 0.3 is 0 Å². The first-order chi connectivity index (χ1) is 11.0. The van der Waals surface area contributed by atoms with Crippen LogP contribution in [0.4, 0.5) is 0 Å². The zero-order valence-electron chi connectivity index (χ0n) is 13.9. The van der Waals surface area contributed by atoms with Gasteiger partial charge in [-0.25, -0.2) is 0 Å². The SMILES string of the molecule is CC(=O)N1CCN([C@@H]2CN(Cc3ccncc3Cl)C[C@@H]2C)CC1. The topological polar surface area (TPSA) is 39.7 Å². The first kappa shape index (κ1) is 16.7. The Morgan fingerprint density at radius 2 is 2.04 bits per heavy atom. The van der Waals surface area contributed by atoms with Gasteiger partial charge in [0.2, 0.25) is 5.91 Å². The number of aromatic nitrogens is 1. The minimum atomic E-state index is 0.193. The van der Waals surface area contributed by atoms with Gasteiger partial charge < -0.3 is 4.90 Å². The molecule has 0 spiro atoms. The zero-order chi connectivity index (χ0) is 16.4. The molecular weight excluding hydrogens is 312 g/mol. The number of hydrogen-bond donors (Lipinski definition) is 0. The van der Waals surface area contributed by atoms with Gasteiger partial charge in [-0.05, 0) is 17.5 Å². The quantitative estimate of drug-likeness (QED) is 0.842. The summed E-state index contributed by atoms with van der Waals surface area (Å²) in [6.45, 7) is 10.7. The molecule has 0 aliphatic carbocycles. The van der Waals surface area contributed by atoms with Gasteiger partial charge in [0, 0.05) is 71.2 Å². The second-order valence-electron chi connectivity index (χ2n) is 6.75. The maximum Gasteiger partial charge on any atom is 0.219 e. The molecule has 0 aromatic carbocycles. The van der Waals surface area contributed by atoms with Crippen molar-refractivity contribution in [3.05, 3.63) is 29.0 Å². The summed E-state index contributed by atoms with van der Waals surface area (Å²) in [7, 11) is 0. The zero-order valence-corrected chi connectivity index (χ0v) is 14.7. The van der Waals surface area contributed by atoms with E-state index in [-0.39, 0.29) is 5.91 Å². The number of nitrogens with zero attached hydrogens (tertiary/aromatic N) is 4. The third kappa shape index (κ3) is 3.84. The summed E-state index contributed by atoms with van der Waals surface area (Å²) in [5.41, 5.74) is 1.15. The highest BCUT2D eigenvalue weighted by Crippen LogP contribution is 2.26. The molecule has 6 heteroatoms. The van der Waals surface area contributed by atoms with Crippen molar-refractivity contribution in [2.75, 3.05) is 39.3 Å². The Labute approximate surface area is 143 Å². The molecule has 0 unspecified atom stereocenters. The van der Waals surface area contributed by atoms with Crippen LogP contribution in [0.25, 0.3) is 0 Å². The summed E-state index contributed by atoms with van der Waals surface area (Å²) in [4.78, 5) is 22.5. The first-order valence-corrected chi connectivity index (χ1v) is 8.72. The number of carbonyl (C=O) groups excluding carboxylic acids is 1. The molecule has 3 heterocycles. The smallest absolute Gasteiger partial charge is 0.219 e. The number of amides is 1. The van der Waals surface area contributed by atoms with Gasteiger partial charge in [-0.15, -0.1) is 0 Å². The van der Waals surface area contributed by atoms with Crippen LogP contribution in [0.15, 0.2) is 18.5 Å². The average molecular weight is 337 g/mol. The van der Waals surface area contributed by atoms with Crippen LogP contribution >= 0.6 is 11.6 Å². The largest absolute Gasteiger partial charge is 0.340 e. The molecule has 2 aliphatic rings. The third-order valence-corrected chi connectivity index (χ3v) is 5.47. The molecule has 5 nitrogen and oxygen atoms in total. The summed E-state index contributed by atoms with van der Waals surface area (Å²) in [5.74, 6) is 0.831. The van der Waals surface area contributed by atoms with Crippen LogP contribution in [0.5, 0.6) is 0 Å². The molecule has 2 saturated heterocycles. The average Bonchev–Trinajstić information content (AvgIpc) is 2.90. The lowest BCUT2D eigenvalue weighted by atomic mass is 10.0. The summed E-state index contributed by atoms with van der Waals surface area (Å²) in [6, 6.07) is 2.58. The highest BCUT2D eigenvalue weighted by Gasteiger charge is 2.35. The molecule has 2 aliphatic heterocycles. The fraction of sp³-hybridized carbons (Fsp3) is 0.647. The molecule has 126 valence electrons. The molecule has 1 aromatic rings. The van der Waals surface area contributed by atoms with Gasteiger partial charge in [0.05, 0.1) is 5.02 Å². The van der Waals surface area contributed by atoms with Gasteiger partial charge in [-0.3, -0.25) is 19.6 Å².